The van der Waals surface area contributed by atoms with Crippen molar-refractivity contribution in [1.29, 1.82) is 0 Å². The van der Waals surface area contributed by atoms with Crippen LogP contribution in [0.4, 0.5) is 5.13 Å². The molecule has 17 heavy (non-hydrogen) atoms. The molecule has 0 bridgehead atoms. The van der Waals surface area contributed by atoms with E-state index in [1.54, 1.807) is 0 Å². The van der Waals surface area contributed by atoms with Crippen LogP contribution in [0.5, 0.6) is 0 Å². The van der Waals surface area contributed by atoms with Gasteiger partial charge in [0, 0.05) is 12.7 Å². The summed E-state index contributed by atoms with van der Waals surface area (Å²) in [5, 5.41) is 9.31. The molecule has 0 saturated carbocycles. The summed E-state index contributed by atoms with van der Waals surface area (Å²) in [6.07, 6.45) is 1.81. The van der Waals surface area contributed by atoms with E-state index in [1.807, 2.05) is 24.4 Å². The average molecular weight is 249 g/mol. The van der Waals surface area contributed by atoms with E-state index in [-0.39, 0.29) is 0 Å². The monoisotopic (exact) mass is 249 g/mol. The number of rotatable bonds is 5. The number of nitrogen functional groups attached to an aromatic ring is 1. The van der Waals surface area contributed by atoms with E-state index >= 15 is 0 Å². The van der Waals surface area contributed by atoms with Gasteiger partial charge in [0.05, 0.1) is 12.2 Å². The number of hydrogen-bond acceptors (Lipinski definition) is 6. The van der Waals surface area contributed by atoms with Crippen LogP contribution in [0, 0.1) is 0 Å². The fourth-order valence-electron chi connectivity index (χ4n) is 1.52. The normalized spacial score (nSPS) is 10.9. The highest BCUT2D eigenvalue weighted by atomic mass is 32.1. The molecule has 2 aromatic heterocycles. The van der Waals surface area contributed by atoms with Crippen LogP contribution >= 0.6 is 11.3 Å². The summed E-state index contributed by atoms with van der Waals surface area (Å²) in [6.45, 7) is 4.64. The second kappa shape index (κ2) is 5.70. The molecular weight excluding hydrogens is 234 g/mol. The molecule has 0 amide bonds. The van der Waals surface area contributed by atoms with Crippen LogP contribution in [0.25, 0.3) is 0 Å². The number of anilines is 1. The van der Waals surface area contributed by atoms with Gasteiger partial charge in [-0.2, -0.15) is 0 Å². The molecule has 5 nitrogen and oxygen atoms in total. The first-order valence-corrected chi connectivity index (χ1v) is 6.29. The maximum Gasteiger partial charge on any atom is 0.203 e. The van der Waals surface area contributed by atoms with Crippen LogP contribution in [0.3, 0.4) is 0 Å². The Morgan fingerprint density at radius 3 is 2.76 bits per heavy atom. The Morgan fingerprint density at radius 1 is 1.29 bits per heavy atom. The van der Waals surface area contributed by atoms with Gasteiger partial charge in [-0.05, 0) is 18.7 Å². The van der Waals surface area contributed by atoms with Gasteiger partial charge in [0.25, 0.3) is 0 Å². The molecule has 2 rings (SSSR count). The predicted molar refractivity (Wildman–Crippen MR) is 68.3 cm³/mol. The lowest BCUT2D eigenvalue weighted by Crippen LogP contribution is -2.22. The summed E-state index contributed by atoms with van der Waals surface area (Å²) >= 11 is 1.44. The van der Waals surface area contributed by atoms with E-state index in [0.29, 0.717) is 5.13 Å². The molecule has 6 heteroatoms. The van der Waals surface area contributed by atoms with Gasteiger partial charge in [-0.3, -0.25) is 9.88 Å². The van der Waals surface area contributed by atoms with Gasteiger partial charge in [0.15, 0.2) is 0 Å². The highest BCUT2D eigenvalue weighted by molar-refractivity contribution is 7.15. The number of aromatic nitrogens is 3. The molecule has 0 spiro atoms. The molecule has 0 saturated heterocycles. The van der Waals surface area contributed by atoms with Crippen LogP contribution in [0.2, 0.25) is 0 Å². The van der Waals surface area contributed by atoms with Crippen molar-refractivity contribution in [3.63, 3.8) is 0 Å². The maximum atomic E-state index is 5.56. The lowest BCUT2D eigenvalue weighted by Gasteiger charge is -2.17. The minimum atomic E-state index is 0.522. The summed E-state index contributed by atoms with van der Waals surface area (Å²) in [4.78, 5) is 6.57. The van der Waals surface area contributed by atoms with Crippen molar-refractivity contribution in [2.45, 2.75) is 20.0 Å². The lowest BCUT2D eigenvalue weighted by atomic mass is 10.3. The van der Waals surface area contributed by atoms with Crippen LogP contribution in [0.1, 0.15) is 17.6 Å². The van der Waals surface area contributed by atoms with E-state index in [2.05, 4.69) is 27.0 Å². The van der Waals surface area contributed by atoms with Crippen LogP contribution in [-0.4, -0.2) is 26.6 Å². The summed E-state index contributed by atoms with van der Waals surface area (Å²) in [5.41, 5.74) is 6.62. The largest absolute Gasteiger partial charge is 0.374 e. The topological polar surface area (TPSA) is 67.9 Å². The van der Waals surface area contributed by atoms with Gasteiger partial charge in [0.1, 0.15) is 5.01 Å². The maximum absolute atomic E-state index is 5.56. The van der Waals surface area contributed by atoms with Crippen molar-refractivity contribution < 1.29 is 0 Å². The SMILES string of the molecule is CCN(Cc1ccccn1)Cc1nnc(N)s1. The van der Waals surface area contributed by atoms with Crippen molar-refractivity contribution in [3.05, 3.63) is 35.1 Å². The molecule has 0 unspecified atom stereocenters. The van der Waals surface area contributed by atoms with Crippen molar-refractivity contribution in [1.82, 2.24) is 20.1 Å². The first-order valence-electron chi connectivity index (χ1n) is 5.48. The van der Waals surface area contributed by atoms with Gasteiger partial charge in [-0.1, -0.05) is 24.3 Å². The van der Waals surface area contributed by atoms with Crippen molar-refractivity contribution in [2.75, 3.05) is 12.3 Å². The van der Waals surface area contributed by atoms with E-state index < -0.39 is 0 Å². The smallest absolute Gasteiger partial charge is 0.203 e. The van der Waals surface area contributed by atoms with E-state index in [4.69, 9.17) is 5.73 Å². The third kappa shape index (κ3) is 3.47. The molecule has 2 aromatic rings. The number of hydrogen-bond donors (Lipinski definition) is 1. The Bertz CT molecular complexity index is 456. The van der Waals surface area contributed by atoms with Crippen LogP contribution in [-0.2, 0) is 13.1 Å². The molecule has 2 heterocycles. The molecule has 0 aliphatic rings. The number of pyridine rings is 1. The quantitative estimate of drug-likeness (QED) is 0.870. The Labute approximate surface area is 104 Å². The molecular formula is C11H15N5S. The number of nitrogens with two attached hydrogens (primary N) is 1. The zero-order chi connectivity index (χ0) is 12.1. The van der Waals surface area contributed by atoms with Gasteiger partial charge >= 0.3 is 0 Å². The highest BCUT2D eigenvalue weighted by Crippen LogP contribution is 2.14. The van der Waals surface area contributed by atoms with Crippen molar-refractivity contribution in [2.24, 2.45) is 0 Å². The van der Waals surface area contributed by atoms with E-state index in [0.717, 1.165) is 30.3 Å². The first-order chi connectivity index (χ1) is 8.28. The standard InChI is InChI=1S/C11H15N5S/c1-2-16(7-9-5-3-4-6-13-9)8-10-14-15-11(12)17-10/h3-6H,2,7-8H2,1H3,(H2,12,15). The fraction of sp³-hybridized carbons (Fsp3) is 0.364. The second-order valence-corrected chi connectivity index (χ2v) is 4.75. The van der Waals surface area contributed by atoms with Gasteiger partial charge in [0.2, 0.25) is 5.13 Å². The molecule has 0 aromatic carbocycles. The highest BCUT2D eigenvalue weighted by Gasteiger charge is 2.08. The minimum Gasteiger partial charge on any atom is -0.374 e. The van der Waals surface area contributed by atoms with Crippen LogP contribution < -0.4 is 5.73 Å². The summed E-state index contributed by atoms with van der Waals surface area (Å²) in [5.74, 6) is 0. The predicted octanol–water partition coefficient (Wildman–Crippen LogP) is 1.54. The Kier molecular flexibility index (Phi) is 4.00. The Balaban J connectivity index is 1.98. The van der Waals surface area contributed by atoms with Gasteiger partial charge < -0.3 is 5.73 Å². The minimum absolute atomic E-state index is 0.522. The van der Waals surface area contributed by atoms with Crippen molar-refractivity contribution >= 4 is 16.5 Å². The van der Waals surface area contributed by atoms with Crippen molar-refractivity contribution in [3.8, 4) is 0 Å². The second-order valence-electron chi connectivity index (χ2n) is 3.66. The Morgan fingerprint density at radius 2 is 2.18 bits per heavy atom. The summed E-state index contributed by atoms with van der Waals surface area (Å²) in [7, 11) is 0. The van der Waals surface area contributed by atoms with Crippen LogP contribution in [0.15, 0.2) is 24.4 Å². The lowest BCUT2D eigenvalue weighted by molar-refractivity contribution is 0.267. The molecule has 0 aliphatic heterocycles. The molecule has 2 N–H and O–H groups in total. The zero-order valence-corrected chi connectivity index (χ0v) is 10.5. The zero-order valence-electron chi connectivity index (χ0n) is 9.71. The Hall–Kier alpha value is -1.53. The summed E-state index contributed by atoms with van der Waals surface area (Å²) < 4.78 is 0. The van der Waals surface area contributed by atoms with E-state index in [9.17, 15) is 0 Å². The molecule has 0 aliphatic carbocycles. The molecule has 0 fully saturated rings. The third-order valence-electron chi connectivity index (χ3n) is 2.40. The van der Waals surface area contributed by atoms with E-state index in [1.165, 1.54) is 11.3 Å². The molecule has 90 valence electrons. The van der Waals surface area contributed by atoms with Gasteiger partial charge in [-0.25, -0.2) is 0 Å². The van der Waals surface area contributed by atoms with Gasteiger partial charge in [-0.15, -0.1) is 10.2 Å². The number of nitrogens with zero attached hydrogens (tertiary/aromatic N) is 4. The average Bonchev–Trinajstić information content (AvgIpc) is 2.75. The fourth-order valence-corrected chi connectivity index (χ4v) is 2.17. The molecule has 0 atom stereocenters. The first kappa shape index (κ1) is 11.9. The molecule has 0 radical (unpaired) electrons. The summed E-state index contributed by atoms with van der Waals surface area (Å²) in [6, 6.07) is 5.95. The third-order valence-corrected chi connectivity index (χ3v) is 3.14.